The second kappa shape index (κ2) is 6.26. The Morgan fingerprint density at radius 1 is 1.08 bits per heavy atom. The van der Waals surface area contributed by atoms with E-state index in [9.17, 15) is 5.26 Å². The monoisotopic (exact) mass is 334 g/mol. The number of pyridine rings is 1. The van der Waals surface area contributed by atoms with Gasteiger partial charge in [-0.1, -0.05) is 0 Å². The van der Waals surface area contributed by atoms with Gasteiger partial charge in [0.25, 0.3) is 0 Å². The van der Waals surface area contributed by atoms with Crippen LogP contribution in [0.15, 0.2) is 24.8 Å². The van der Waals surface area contributed by atoms with Gasteiger partial charge in [0.2, 0.25) is 11.9 Å². The highest BCUT2D eigenvalue weighted by Gasteiger charge is 2.19. The lowest BCUT2D eigenvalue weighted by Gasteiger charge is -2.27. The van der Waals surface area contributed by atoms with Crippen molar-refractivity contribution in [3.05, 3.63) is 30.4 Å². The maximum Gasteiger partial charge on any atom is 0.226 e. The average Bonchev–Trinajstić information content (AvgIpc) is 2.68. The smallest absolute Gasteiger partial charge is 0.226 e. The molecule has 0 saturated carbocycles. The molecule has 4 heterocycles. The lowest BCUT2D eigenvalue weighted by atomic mass is 10.1. The van der Waals surface area contributed by atoms with Crippen molar-refractivity contribution in [3.63, 3.8) is 0 Å². The summed E-state index contributed by atoms with van der Waals surface area (Å²) in [5, 5.41) is 10.1. The van der Waals surface area contributed by atoms with E-state index in [2.05, 4.69) is 31.0 Å². The third-order valence-electron chi connectivity index (χ3n) is 3.96. The number of rotatable bonds is 2. The highest BCUT2D eigenvalue weighted by atomic mass is 16.5. The molecule has 1 aliphatic rings. The molecular formula is C16H14N8O. The van der Waals surface area contributed by atoms with E-state index < -0.39 is 0 Å². The van der Waals surface area contributed by atoms with Gasteiger partial charge in [0.15, 0.2) is 0 Å². The predicted molar refractivity (Wildman–Crippen MR) is 90.5 cm³/mol. The van der Waals surface area contributed by atoms with E-state index in [0.29, 0.717) is 60.0 Å². The number of nitriles is 1. The maximum absolute atomic E-state index is 9.41. The molecule has 0 bridgehead atoms. The molecule has 0 amide bonds. The van der Waals surface area contributed by atoms with Crippen LogP contribution < -0.4 is 10.6 Å². The largest absolute Gasteiger partial charge is 0.378 e. The fourth-order valence-corrected chi connectivity index (χ4v) is 2.70. The van der Waals surface area contributed by atoms with Gasteiger partial charge in [-0.3, -0.25) is 4.98 Å². The van der Waals surface area contributed by atoms with E-state index >= 15 is 0 Å². The lowest BCUT2D eigenvalue weighted by Crippen LogP contribution is -2.37. The van der Waals surface area contributed by atoms with Crippen molar-refractivity contribution in [3.8, 4) is 17.3 Å². The summed E-state index contributed by atoms with van der Waals surface area (Å²) in [6.07, 6.45) is 6.35. The summed E-state index contributed by atoms with van der Waals surface area (Å²) < 4.78 is 5.39. The minimum atomic E-state index is 0.186. The first-order valence-electron chi connectivity index (χ1n) is 7.72. The Kier molecular flexibility index (Phi) is 3.80. The summed E-state index contributed by atoms with van der Waals surface area (Å²) >= 11 is 0. The quantitative estimate of drug-likeness (QED) is 0.722. The van der Waals surface area contributed by atoms with E-state index in [1.54, 1.807) is 18.6 Å². The molecule has 9 nitrogen and oxygen atoms in total. The Labute approximate surface area is 143 Å². The van der Waals surface area contributed by atoms with E-state index in [1.807, 2.05) is 4.90 Å². The topological polar surface area (TPSA) is 127 Å². The summed E-state index contributed by atoms with van der Waals surface area (Å²) in [5.41, 5.74) is 7.84. The fourth-order valence-electron chi connectivity index (χ4n) is 2.70. The van der Waals surface area contributed by atoms with Crippen LogP contribution in [0, 0.1) is 11.3 Å². The normalized spacial score (nSPS) is 14.4. The van der Waals surface area contributed by atoms with Gasteiger partial charge in [-0.25, -0.2) is 19.9 Å². The molecule has 0 aliphatic carbocycles. The molecule has 3 aromatic rings. The number of hydrogen-bond acceptors (Lipinski definition) is 9. The Bertz CT molecular complexity index is 960. The molecule has 0 radical (unpaired) electrons. The van der Waals surface area contributed by atoms with Crippen molar-refractivity contribution in [2.45, 2.75) is 0 Å². The van der Waals surface area contributed by atoms with Crippen LogP contribution in [0.2, 0.25) is 0 Å². The number of aromatic nitrogens is 5. The van der Waals surface area contributed by atoms with Crippen LogP contribution in [0.5, 0.6) is 0 Å². The number of ether oxygens (including phenoxy) is 1. The molecule has 0 aromatic carbocycles. The second-order valence-corrected chi connectivity index (χ2v) is 5.50. The average molecular weight is 334 g/mol. The van der Waals surface area contributed by atoms with Crippen LogP contribution in [-0.4, -0.2) is 51.2 Å². The van der Waals surface area contributed by atoms with Gasteiger partial charge in [-0.05, 0) is 0 Å². The number of nitrogen functional groups attached to an aromatic ring is 1. The Morgan fingerprint density at radius 2 is 1.84 bits per heavy atom. The van der Waals surface area contributed by atoms with E-state index in [-0.39, 0.29) is 5.95 Å². The molecule has 0 unspecified atom stereocenters. The summed E-state index contributed by atoms with van der Waals surface area (Å²) in [5.74, 6) is 0.733. The van der Waals surface area contributed by atoms with Crippen molar-refractivity contribution in [2.75, 3.05) is 36.9 Å². The number of anilines is 2. The fraction of sp³-hybridized carbons (Fsp3) is 0.250. The number of nitrogens with two attached hydrogens (primary N) is 1. The molecule has 1 aliphatic heterocycles. The van der Waals surface area contributed by atoms with E-state index in [1.165, 1.54) is 6.20 Å². The van der Waals surface area contributed by atoms with E-state index in [0.717, 1.165) is 0 Å². The molecular weight excluding hydrogens is 320 g/mol. The Balaban J connectivity index is 1.95. The summed E-state index contributed by atoms with van der Waals surface area (Å²) in [6.45, 7) is 2.61. The molecule has 1 fully saturated rings. The SMILES string of the molecule is N#Cc1cncc2c(-c3cnc(N)nc3)nc(N3CCOCC3)nc12. The zero-order chi connectivity index (χ0) is 17.2. The van der Waals surface area contributed by atoms with Crippen LogP contribution in [0.1, 0.15) is 5.56 Å². The van der Waals surface area contributed by atoms with Gasteiger partial charge in [0.1, 0.15) is 6.07 Å². The molecule has 9 heteroatoms. The van der Waals surface area contributed by atoms with Crippen molar-refractivity contribution < 1.29 is 4.74 Å². The van der Waals surface area contributed by atoms with Gasteiger partial charge in [-0.15, -0.1) is 0 Å². The van der Waals surface area contributed by atoms with Gasteiger partial charge in [0, 0.05) is 48.8 Å². The van der Waals surface area contributed by atoms with Gasteiger partial charge in [-0.2, -0.15) is 5.26 Å². The highest BCUT2D eigenvalue weighted by molar-refractivity contribution is 5.95. The minimum absolute atomic E-state index is 0.186. The first-order chi connectivity index (χ1) is 12.3. The standard InChI is InChI=1S/C16H14N8O/c17-5-10-6-19-9-12-13(10)22-16(24-1-3-25-4-2-24)23-14(12)11-7-20-15(18)21-8-11/h6-9H,1-4H2,(H2,18,20,21). The molecule has 25 heavy (non-hydrogen) atoms. The van der Waals surface area contributed by atoms with Crippen molar-refractivity contribution >= 4 is 22.8 Å². The van der Waals surface area contributed by atoms with Gasteiger partial charge >= 0.3 is 0 Å². The molecule has 4 rings (SSSR count). The first-order valence-corrected chi connectivity index (χ1v) is 7.72. The van der Waals surface area contributed by atoms with E-state index in [4.69, 9.17) is 10.5 Å². The molecule has 1 saturated heterocycles. The summed E-state index contributed by atoms with van der Waals surface area (Å²) in [7, 11) is 0. The Hall–Kier alpha value is -3.38. The third-order valence-corrected chi connectivity index (χ3v) is 3.96. The number of hydrogen-bond donors (Lipinski definition) is 1. The third kappa shape index (κ3) is 2.79. The van der Waals surface area contributed by atoms with Crippen LogP contribution in [0.4, 0.5) is 11.9 Å². The summed E-state index contributed by atoms with van der Waals surface area (Å²) in [4.78, 5) is 23.5. The molecule has 0 atom stereocenters. The summed E-state index contributed by atoms with van der Waals surface area (Å²) in [6, 6.07) is 2.14. The van der Waals surface area contributed by atoms with Crippen LogP contribution in [0.25, 0.3) is 22.2 Å². The van der Waals surface area contributed by atoms with Crippen molar-refractivity contribution in [1.29, 1.82) is 5.26 Å². The van der Waals surface area contributed by atoms with Gasteiger partial charge < -0.3 is 15.4 Å². The number of nitrogens with zero attached hydrogens (tertiary/aromatic N) is 7. The highest BCUT2D eigenvalue weighted by Crippen LogP contribution is 2.29. The van der Waals surface area contributed by atoms with Crippen molar-refractivity contribution in [2.24, 2.45) is 0 Å². The zero-order valence-electron chi connectivity index (χ0n) is 13.3. The number of fused-ring (bicyclic) bond motifs is 1. The van der Waals surface area contributed by atoms with Crippen LogP contribution >= 0.6 is 0 Å². The van der Waals surface area contributed by atoms with Crippen LogP contribution in [-0.2, 0) is 4.74 Å². The minimum Gasteiger partial charge on any atom is -0.378 e. The number of morpholine rings is 1. The second-order valence-electron chi connectivity index (χ2n) is 5.50. The molecule has 3 aromatic heterocycles. The maximum atomic E-state index is 9.41. The predicted octanol–water partition coefficient (Wildman–Crippen LogP) is 0.772. The van der Waals surface area contributed by atoms with Crippen LogP contribution in [0.3, 0.4) is 0 Å². The molecule has 0 spiro atoms. The lowest BCUT2D eigenvalue weighted by molar-refractivity contribution is 0.122. The zero-order valence-corrected chi connectivity index (χ0v) is 13.3. The molecule has 124 valence electrons. The van der Waals surface area contributed by atoms with Crippen molar-refractivity contribution in [1.82, 2.24) is 24.9 Å². The molecule has 2 N–H and O–H groups in total. The Morgan fingerprint density at radius 3 is 2.56 bits per heavy atom. The first kappa shape index (κ1) is 15.2. The van der Waals surface area contributed by atoms with Gasteiger partial charge in [0.05, 0.1) is 30.0 Å².